The second kappa shape index (κ2) is 23.6. The summed E-state index contributed by atoms with van der Waals surface area (Å²) in [4.78, 5) is 56.7. The fourth-order valence-corrected chi connectivity index (χ4v) is 10.2. The molecule has 0 bridgehead atoms. The summed E-state index contributed by atoms with van der Waals surface area (Å²) < 4.78 is 3.89. The summed E-state index contributed by atoms with van der Waals surface area (Å²) in [5.74, 6) is 4.11. The number of carbonyl (C=O) groups excluding carboxylic acids is 4. The van der Waals surface area contributed by atoms with Crippen LogP contribution in [0, 0.1) is 30.6 Å². The van der Waals surface area contributed by atoms with Crippen molar-refractivity contribution >= 4 is 69.6 Å². The highest BCUT2D eigenvalue weighted by Gasteiger charge is 2.37. The maximum Gasteiger partial charge on any atom is 0.303 e. The number of phenolic OH excluding ortho intramolecular Hbond substituents is 1. The number of allylic oxidation sites excluding steroid dienone is 1. The summed E-state index contributed by atoms with van der Waals surface area (Å²) in [6.07, 6.45) is 23.7. The lowest BCUT2D eigenvalue weighted by Crippen LogP contribution is -2.52. The van der Waals surface area contributed by atoms with Crippen molar-refractivity contribution in [3.05, 3.63) is 87.3 Å². The molecule has 14 heteroatoms. The van der Waals surface area contributed by atoms with Gasteiger partial charge >= 0.3 is 11.8 Å². The standard InChI is InChI=1S/C23H22N4O2S2.C22H26N2O3S.C2H6/c1-2-21(28)27(18-12-10-16(11-13-18)19-15-31-26-25-19)22(20-9-6-14-30-20)23(29)24-17-7-4-3-5-8-17;1-3-20(26)24(17-9-11-18(25)12-10-17)21(19-13-15(2)14-28-19)22(27)23-16-7-5-4-6-8-16;1-2/h1,6,9-15,17,22H,3-5,7-8H2,(H,24,29);1,9-13,15-16,21,25H,4-8,14H2,2H3,(H,23,27);1-2H3. The van der Waals surface area contributed by atoms with Crippen LogP contribution in [0.2, 0.25) is 0 Å². The van der Waals surface area contributed by atoms with E-state index in [4.69, 9.17) is 12.8 Å². The summed E-state index contributed by atoms with van der Waals surface area (Å²) in [5.41, 5.74) is 2.69. The molecule has 1 aliphatic heterocycles. The van der Waals surface area contributed by atoms with E-state index in [0.717, 1.165) is 78.2 Å². The maximum absolute atomic E-state index is 13.4. The van der Waals surface area contributed by atoms with Gasteiger partial charge in [0, 0.05) is 49.9 Å². The van der Waals surface area contributed by atoms with E-state index in [1.807, 2.05) is 54.9 Å². The first-order valence-electron chi connectivity index (χ1n) is 20.9. The fraction of sp³-hybridized carbons (Fsp3) is 0.404. The summed E-state index contributed by atoms with van der Waals surface area (Å²) >= 11 is 4.30. The fourth-order valence-electron chi connectivity index (χ4n) is 7.63. The molecular weight excluding hydrogens is 825 g/mol. The third-order valence-electron chi connectivity index (χ3n) is 10.6. The second-order valence-electron chi connectivity index (χ2n) is 14.9. The molecule has 11 nitrogen and oxygen atoms in total. The molecule has 7 rings (SSSR count). The highest BCUT2D eigenvalue weighted by Crippen LogP contribution is 2.37. The summed E-state index contributed by atoms with van der Waals surface area (Å²) in [6, 6.07) is 15.9. The number of phenols is 1. The van der Waals surface area contributed by atoms with Gasteiger partial charge < -0.3 is 15.7 Å². The van der Waals surface area contributed by atoms with Gasteiger partial charge in [0.1, 0.15) is 17.5 Å². The number of thioether (sulfide) groups is 1. The number of nitrogens with zero attached hydrogens (tertiary/aromatic N) is 4. The Morgan fingerprint density at radius 1 is 0.770 bits per heavy atom. The Labute approximate surface area is 372 Å². The van der Waals surface area contributed by atoms with Crippen LogP contribution in [0.5, 0.6) is 5.75 Å². The quantitative estimate of drug-likeness (QED) is 0.127. The lowest BCUT2D eigenvalue weighted by molar-refractivity contribution is -0.125. The molecule has 0 spiro atoms. The van der Waals surface area contributed by atoms with Gasteiger partial charge in [-0.05, 0) is 103 Å². The van der Waals surface area contributed by atoms with Crippen molar-refractivity contribution in [3.63, 3.8) is 0 Å². The number of aromatic hydroxyl groups is 1. The van der Waals surface area contributed by atoms with Gasteiger partial charge in [-0.15, -0.1) is 41.0 Å². The number of carbonyl (C=O) groups is 4. The molecule has 2 aliphatic carbocycles. The van der Waals surface area contributed by atoms with E-state index in [1.165, 1.54) is 57.6 Å². The monoisotopic (exact) mass is 878 g/mol. The number of hydrogen-bond donors (Lipinski definition) is 3. The Balaban J connectivity index is 0.000000223. The third kappa shape index (κ3) is 12.6. The van der Waals surface area contributed by atoms with Crippen LogP contribution >= 0.6 is 34.6 Å². The zero-order valence-corrected chi connectivity index (χ0v) is 37.4. The molecular formula is C47H54N6O5S3. The molecule has 2 aromatic carbocycles. The predicted molar refractivity (Wildman–Crippen MR) is 248 cm³/mol. The van der Waals surface area contributed by atoms with Crippen LogP contribution in [0.15, 0.2) is 82.4 Å². The SMILES string of the molecule is C#CC(=O)N(c1ccc(-c2csnn2)cc1)C(C(=O)NC1CCCCC1)c1cccs1.C#CC(=O)N(c1ccc(O)cc1)C(C(=O)NC1CCCCC1)C1=CC(C)CS1.CC. The van der Waals surface area contributed by atoms with Gasteiger partial charge in [-0.1, -0.05) is 88.1 Å². The van der Waals surface area contributed by atoms with Gasteiger partial charge in [0.15, 0.2) is 6.04 Å². The first kappa shape index (κ1) is 46.7. The van der Waals surface area contributed by atoms with E-state index in [-0.39, 0.29) is 29.6 Å². The minimum Gasteiger partial charge on any atom is -0.508 e. The van der Waals surface area contributed by atoms with E-state index < -0.39 is 23.9 Å². The molecule has 4 aromatic rings. The molecule has 3 heterocycles. The number of benzene rings is 2. The van der Waals surface area contributed by atoms with Crippen molar-refractivity contribution in [2.24, 2.45) is 5.92 Å². The van der Waals surface area contributed by atoms with Crippen LogP contribution in [0.3, 0.4) is 0 Å². The molecule has 2 saturated carbocycles. The number of thiophene rings is 1. The largest absolute Gasteiger partial charge is 0.508 e. The van der Waals surface area contributed by atoms with Crippen LogP contribution in [-0.2, 0) is 19.2 Å². The van der Waals surface area contributed by atoms with Crippen molar-refractivity contribution in [2.45, 2.75) is 109 Å². The lowest BCUT2D eigenvalue weighted by atomic mass is 9.95. The maximum atomic E-state index is 13.4. The van der Waals surface area contributed by atoms with Crippen LogP contribution in [0.1, 0.15) is 95.9 Å². The number of hydrogen-bond acceptors (Lipinski definition) is 10. The number of anilines is 2. The minimum absolute atomic E-state index is 0.0862. The Morgan fingerprint density at radius 2 is 1.30 bits per heavy atom. The smallest absolute Gasteiger partial charge is 0.303 e. The number of rotatable bonds is 11. The van der Waals surface area contributed by atoms with E-state index in [9.17, 15) is 24.3 Å². The lowest BCUT2D eigenvalue weighted by Gasteiger charge is -2.32. The molecule has 61 heavy (non-hydrogen) atoms. The van der Waals surface area contributed by atoms with Crippen molar-refractivity contribution < 1.29 is 24.3 Å². The number of aromatic nitrogens is 2. The number of amides is 4. The van der Waals surface area contributed by atoms with Crippen LogP contribution in [0.4, 0.5) is 11.4 Å². The van der Waals surface area contributed by atoms with Crippen LogP contribution < -0.4 is 20.4 Å². The van der Waals surface area contributed by atoms with Gasteiger partial charge in [-0.3, -0.25) is 29.0 Å². The summed E-state index contributed by atoms with van der Waals surface area (Å²) in [7, 11) is 0. The minimum atomic E-state index is -0.822. The van der Waals surface area contributed by atoms with Crippen molar-refractivity contribution in [1.29, 1.82) is 0 Å². The molecule has 2 aromatic heterocycles. The average molecular weight is 879 g/mol. The summed E-state index contributed by atoms with van der Waals surface area (Å²) in [6.45, 7) is 6.09. The molecule has 0 saturated heterocycles. The Morgan fingerprint density at radius 3 is 1.75 bits per heavy atom. The topological polar surface area (TPSA) is 145 Å². The first-order chi connectivity index (χ1) is 29.7. The normalized spacial score (nSPS) is 17.3. The van der Waals surface area contributed by atoms with Crippen LogP contribution in [-0.4, -0.2) is 62.2 Å². The van der Waals surface area contributed by atoms with Gasteiger partial charge in [-0.25, -0.2) is 0 Å². The Hall–Kier alpha value is -5.41. The molecule has 4 amide bonds. The first-order valence-corrected chi connectivity index (χ1v) is 23.6. The highest BCUT2D eigenvalue weighted by atomic mass is 32.2. The number of nitrogens with one attached hydrogen (secondary N) is 2. The molecule has 3 aliphatic rings. The molecule has 0 radical (unpaired) electrons. The van der Waals surface area contributed by atoms with Crippen molar-refractivity contribution in [3.8, 4) is 41.7 Å². The van der Waals surface area contributed by atoms with Crippen molar-refractivity contribution in [2.75, 3.05) is 15.6 Å². The molecule has 2 fully saturated rings. The van der Waals surface area contributed by atoms with Gasteiger partial charge in [0.2, 0.25) is 11.8 Å². The summed E-state index contributed by atoms with van der Waals surface area (Å²) in [5, 5.41) is 23.7. The zero-order valence-electron chi connectivity index (χ0n) is 34.9. The molecule has 3 unspecified atom stereocenters. The van der Waals surface area contributed by atoms with Crippen LogP contribution in [0.25, 0.3) is 11.3 Å². The Bertz CT molecular complexity index is 2150. The molecule has 3 N–H and O–H groups in total. The third-order valence-corrected chi connectivity index (χ3v) is 13.4. The Kier molecular flexibility index (Phi) is 18.0. The molecule has 3 atom stereocenters. The predicted octanol–water partition coefficient (Wildman–Crippen LogP) is 8.89. The van der Waals surface area contributed by atoms with E-state index >= 15 is 0 Å². The van der Waals surface area contributed by atoms with E-state index in [0.29, 0.717) is 17.3 Å². The van der Waals surface area contributed by atoms with Gasteiger partial charge in [0.25, 0.3) is 0 Å². The second-order valence-corrected chi connectivity index (χ2v) is 17.5. The van der Waals surface area contributed by atoms with Gasteiger partial charge in [-0.2, -0.15) is 0 Å². The zero-order chi connectivity index (χ0) is 43.7. The highest BCUT2D eigenvalue weighted by molar-refractivity contribution is 8.03. The van der Waals surface area contributed by atoms with E-state index in [1.54, 1.807) is 36.0 Å². The number of terminal acetylenes is 2. The average Bonchev–Trinajstić information content (AvgIpc) is 4.11. The van der Waals surface area contributed by atoms with E-state index in [2.05, 4.69) is 39.0 Å². The molecule has 320 valence electrons. The van der Waals surface area contributed by atoms with Gasteiger partial charge in [0.05, 0.1) is 0 Å². The van der Waals surface area contributed by atoms with Crippen molar-refractivity contribution in [1.82, 2.24) is 20.2 Å².